The summed E-state index contributed by atoms with van der Waals surface area (Å²) in [6.07, 6.45) is 8.60. The van der Waals surface area contributed by atoms with Gasteiger partial charge in [0.15, 0.2) is 0 Å². The number of piperidine rings is 1. The first-order valence-electron chi connectivity index (χ1n) is 11.1. The van der Waals surface area contributed by atoms with E-state index in [4.69, 9.17) is 21.1 Å². The van der Waals surface area contributed by atoms with Crippen LogP contribution in [0.3, 0.4) is 0 Å². The highest BCUT2D eigenvalue weighted by molar-refractivity contribution is 8.32. The Morgan fingerprint density at radius 3 is 2.66 bits per heavy atom. The van der Waals surface area contributed by atoms with Crippen molar-refractivity contribution in [3.8, 4) is 0 Å². The summed E-state index contributed by atoms with van der Waals surface area (Å²) < 4.78 is 12.6. The average molecular weight is 481 g/mol. The van der Waals surface area contributed by atoms with Crippen molar-refractivity contribution in [2.45, 2.75) is 26.5 Å². The van der Waals surface area contributed by atoms with Crippen LogP contribution >= 0.6 is 21.6 Å². The van der Waals surface area contributed by atoms with Crippen molar-refractivity contribution in [1.82, 2.24) is 14.8 Å². The number of rotatable bonds is 10. The highest BCUT2D eigenvalue weighted by Gasteiger charge is 2.45. The van der Waals surface area contributed by atoms with Crippen LogP contribution in [0.15, 0.2) is 18.2 Å². The molecule has 2 fully saturated rings. The van der Waals surface area contributed by atoms with Gasteiger partial charge in [-0.15, -0.1) is 0 Å². The Labute approximate surface area is 196 Å². The zero-order chi connectivity index (χ0) is 22.9. The average Bonchev–Trinajstić information content (AvgIpc) is 3.14. The summed E-state index contributed by atoms with van der Waals surface area (Å²) in [6, 6.07) is 5.81. The molecule has 2 aromatic heterocycles. The third-order valence-corrected chi connectivity index (χ3v) is 7.67. The predicted octanol–water partition coefficient (Wildman–Crippen LogP) is 3.82. The van der Waals surface area contributed by atoms with E-state index in [-0.39, 0.29) is 6.73 Å². The minimum absolute atomic E-state index is 0.214. The first-order valence-corrected chi connectivity index (χ1v) is 14.5. The Bertz CT molecular complexity index is 965. The van der Waals surface area contributed by atoms with Crippen LogP contribution in [0.5, 0.6) is 0 Å². The molecule has 0 radical (unpaired) electrons. The fraction of sp³-hybridized carbons (Fsp3) is 0.609. The van der Waals surface area contributed by atoms with Gasteiger partial charge < -0.3 is 14.4 Å². The second kappa shape index (κ2) is 9.61. The zero-order valence-electron chi connectivity index (χ0n) is 19.3. The zero-order valence-corrected chi connectivity index (χ0v) is 20.9. The number of carbonyl (C=O) groups excluding carboxylic acids is 1. The molecule has 2 aliphatic rings. The molecule has 0 amide bonds. The second-order valence-electron chi connectivity index (χ2n) is 9.53. The molecule has 4 rings (SSSR count). The lowest BCUT2D eigenvalue weighted by atomic mass is 10.1. The van der Waals surface area contributed by atoms with Crippen LogP contribution in [0.2, 0.25) is 5.15 Å². The van der Waals surface area contributed by atoms with E-state index in [1.165, 1.54) is 6.42 Å². The molecule has 0 bridgehead atoms. The number of carbonyl (C=O) groups is 1. The van der Waals surface area contributed by atoms with Crippen molar-refractivity contribution >= 4 is 33.4 Å². The van der Waals surface area contributed by atoms with Gasteiger partial charge in [0.05, 0.1) is 18.9 Å². The molecule has 32 heavy (non-hydrogen) atoms. The molecule has 7 nitrogen and oxygen atoms in total. The first kappa shape index (κ1) is 23.4. The number of aromatic nitrogens is 3. The Hall–Kier alpha value is -1.77. The fourth-order valence-electron chi connectivity index (χ4n) is 4.03. The predicted molar refractivity (Wildman–Crippen MR) is 130 cm³/mol. The number of anilines is 1. The van der Waals surface area contributed by atoms with Crippen molar-refractivity contribution in [2.24, 2.45) is 11.8 Å². The third-order valence-electron chi connectivity index (χ3n) is 5.95. The normalized spacial score (nSPS) is 20.3. The molecule has 0 N–H and O–H groups in total. The molecule has 1 saturated heterocycles. The van der Waals surface area contributed by atoms with E-state index in [1.807, 2.05) is 12.1 Å². The number of fused-ring (bicyclic) bond motifs is 1. The van der Waals surface area contributed by atoms with E-state index in [0.29, 0.717) is 30.5 Å². The van der Waals surface area contributed by atoms with Gasteiger partial charge in [0.1, 0.15) is 23.4 Å². The molecule has 0 spiro atoms. The third kappa shape index (κ3) is 5.77. The standard InChI is InChI=1S/C23H33ClN4O3S/c1-5-31-23(29)20-12-19(26-28(20)15-30-8-9-32(2,3)4)11-16-6-7-21(25-22(16)24)27-13-17-10-18(17)14-27/h6-7,12,17-18H,5,8-11,13-15H2,1-4H3. The van der Waals surface area contributed by atoms with Crippen LogP contribution in [0.25, 0.3) is 0 Å². The summed E-state index contributed by atoms with van der Waals surface area (Å²) in [5.41, 5.74) is 2.01. The number of hydrogen-bond acceptors (Lipinski definition) is 6. The molecule has 2 unspecified atom stereocenters. The number of esters is 1. The Morgan fingerprint density at radius 1 is 1.25 bits per heavy atom. The molecule has 0 aromatic carbocycles. The lowest BCUT2D eigenvalue weighted by molar-refractivity contribution is 0.0458. The fourth-order valence-corrected chi connectivity index (χ4v) is 4.86. The molecule has 176 valence electrons. The van der Waals surface area contributed by atoms with E-state index in [9.17, 15) is 4.79 Å². The highest BCUT2D eigenvalue weighted by atomic mass is 35.5. The van der Waals surface area contributed by atoms with Crippen molar-refractivity contribution in [3.05, 3.63) is 40.3 Å². The number of ether oxygens (including phenoxy) is 2. The Kier molecular flexibility index (Phi) is 7.03. The largest absolute Gasteiger partial charge is 0.461 e. The molecule has 1 aliphatic carbocycles. The molecule has 2 atom stereocenters. The summed E-state index contributed by atoms with van der Waals surface area (Å²) in [5.74, 6) is 3.23. The van der Waals surface area contributed by atoms with Crippen molar-refractivity contribution in [3.63, 3.8) is 0 Å². The van der Waals surface area contributed by atoms with Crippen molar-refractivity contribution in [1.29, 1.82) is 0 Å². The molecular weight excluding hydrogens is 448 g/mol. The van der Waals surface area contributed by atoms with Crippen LogP contribution in [0.4, 0.5) is 5.82 Å². The van der Waals surface area contributed by atoms with E-state index < -0.39 is 16.0 Å². The Balaban J connectivity index is 1.44. The van der Waals surface area contributed by atoms with Crippen molar-refractivity contribution in [2.75, 3.05) is 55.7 Å². The molecule has 3 heterocycles. The topological polar surface area (TPSA) is 69.5 Å². The summed E-state index contributed by atoms with van der Waals surface area (Å²) in [6.45, 7) is 5.11. The van der Waals surface area contributed by atoms with Gasteiger partial charge in [0, 0.05) is 25.3 Å². The van der Waals surface area contributed by atoms with Crippen LogP contribution in [-0.4, -0.2) is 71.6 Å². The minimum Gasteiger partial charge on any atom is -0.461 e. The monoisotopic (exact) mass is 480 g/mol. The molecular formula is C23H33ClN4O3S. The number of halogens is 1. The number of hydrogen-bond donors (Lipinski definition) is 0. The van der Waals surface area contributed by atoms with Crippen LogP contribution in [-0.2, 0) is 22.6 Å². The maximum Gasteiger partial charge on any atom is 0.356 e. The lowest BCUT2D eigenvalue weighted by Crippen LogP contribution is -2.22. The lowest BCUT2D eigenvalue weighted by Gasteiger charge is -2.24. The van der Waals surface area contributed by atoms with Crippen LogP contribution in [0, 0.1) is 11.8 Å². The van der Waals surface area contributed by atoms with Crippen molar-refractivity contribution < 1.29 is 14.3 Å². The summed E-state index contributed by atoms with van der Waals surface area (Å²) in [5, 5.41) is 5.09. The molecule has 1 saturated carbocycles. The van der Waals surface area contributed by atoms with Gasteiger partial charge in [0.2, 0.25) is 0 Å². The maximum absolute atomic E-state index is 12.4. The van der Waals surface area contributed by atoms with E-state index in [1.54, 1.807) is 17.7 Å². The highest BCUT2D eigenvalue weighted by Crippen LogP contribution is 2.46. The van der Waals surface area contributed by atoms with E-state index in [0.717, 1.165) is 47.8 Å². The van der Waals surface area contributed by atoms with Gasteiger partial charge in [0.25, 0.3) is 0 Å². The van der Waals surface area contributed by atoms with Gasteiger partial charge in [-0.1, -0.05) is 17.7 Å². The second-order valence-corrected chi connectivity index (χ2v) is 14.5. The van der Waals surface area contributed by atoms with Crippen LogP contribution < -0.4 is 4.90 Å². The molecule has 1 aliphatic heterocycles. The smallest absolute Gasteiger partial charge is 0.356 e. The summed E-state index contributed by atoms with van der Waals surface area (Å²) in [7, 11) is -0.636. The van der Waals surface area contributed by atoms with E-state index in [2.05, 4.69) is 33.7 Å². The molecule has 9 heteroatoms. The van der Waals surface area contributed by atoms with Gasteiger partial charge in [-0.2, -0.15) is 5.10 Å². The van der Waals surface area contributed by atoms with Gasteiger partial charge >= 0.3 is 5.97 Å². The quantitative estimate of drug-likeness (QED) is 0.292. The van der Waals surface area contributed by atoms with Gasteiger partial charge in [-0.25, -0.2) is 24.5 Å². The first-order chi connectivity index (χ1) is 15.2. The summed E-state index contributed by atoms with van der Waals surface area (Å²) >= 11 is 6.52. The van der Waals surface area contributed by atoms with Crippen LogP contribution in [0.1, 0.15) is 35.1 Å². The molecule has 2 aromatic rings. The minimum atomic E-state index is -0.636. The number of nitrogens with zero attached hydrogens (tertiary/aromatic N) is 4. The Morgan fingerprint density at radius 2 is 2.00 bits per heavy atom. The van der Waals surface area contributed by atoms with E-state index >= 15 is 0 Å². The summed E-state index contributed by atoms with van der Waals surface area (Å²) in [4.78, 5) is 19.4. The van der Waals surface area contributed by atoms with Gasteiger partial charge in [-0.05, 0) is 61.6 Å². The number of pyridine rings is 1. The maximum atomic E-state index is 12.4. The van der Waals surface area contributed by atoms with Gasteiger partial charge in [-0.3, -0.25) is 0 Å². The SMILES string of the molecule is CCOC(=O)c1cc(Cc2ccc(N3CC4CC4C3)nc2Cl)nn1COCCS(C)(C)C.